The van der Waals surface area contributed by atoms with Gasteiger partial charge in [-0.25, -0.2) is 4.79 Å². The van der Waals surface area contributed by atoms with E-state index in [1.165, 1.54) is 31.2 Å². The van der Waals surface area contributed by atoms with Crippen molar-refractivity contribution in [2.75, 3.05) is 6.61 Å². The Morgan fingerprint density at radius 2 is 1.29 bits per heavy atom. The molecule has 0 aliphatic carbocycles. The van der Waals surface area contributed by atoms with Crippen LogP contribution in [-0.4, -0.2) is 12.6 Å². The number of hydrogen-bond donors (Lipinski definition) is 0. The van der Waals surface area contributed by atoms with Crippen LogP contribution in [0.1, 0.15) is 61.9 Å². The van der Waals surface area contributed by atoms with Crippen molar-refractivity contribution in [1.29, 1.82) is 0 Å². The van der Waals surface area contributed by atoms with Gasteiger partial charge < -0.3 is 9.47 Å². The van der Waals surface area contributed by atoms with Gasteiger partial charge in [-0.3, -0.25) is 0 Å². The lowest BCUT2D eigenvalue weighted by atomic mass is 10.0. The van der Waals surface area contributed by atoms with Gasteiger partial charge >= 0.3 is 5.97 Å². The summed E-state index contributed by atoms with van der Waals surface area (Å²) < 4.78 is 11.0. The zero-order chi connectivity index (χ0) is 21.9. The number of unbranched alkanes of at least 4 members (excludes halogenated alkanes) is 3. The van der Waals surface area contributed by atoms with Crippen LogP contribution in [0.5, 0.6) is 11.5 Å². The molecule has 0 fully saturated rings. The van der Waals surface area contributed by atoms with Gasteiger partial charge in [0.2, 0.25) is 0 Å². The van der Waals surface area contributed by atoms with Crippen LogP contribution < -0.4 is 9.47 Å². The summed E-state index contributed by atoms with van der Waals surface area (Å²) in [6, 6.07) is 23.4. The molecule has 0 aliphatic rings. The molecule has 0 N–H and O–H groups in total. The first-order valence-electron chi connectivity index (χ1n) is 11.3. The van der Waals surface area contributed by atoms with E-state index in [0.717, 1.165) is 29.7 Å². The maximum absolute atomic E-state index is 12.5. The molecule has 3 aromatic rings. The lowest BCUT2D eigenvalue weighted by Gasteiger charge is -2.08. The Kier molecular flexibility index (Phi) is 8.71. The topological polar surface area (TPSA) is 35.5 Å². The van der Waals surface area contributed by atoms with Gasteiger partial charge in [0.25, 0.3) is 0 Å². The van der Waals surface area contributed by atoms with Gasteiger partial charge in [0.05, 0.1) is 12.2 Å². The summed E-state index contributed by atoms with van der Waals surface area (Å²) in [6.07, 6.45) is 7.21. The summed E-state index contributed by atoms with van der Waals surface area (Å²) in [7, 11) is 0. The van der Waals surface area contributed by atoms with Crippen LogP contribution in [0.4, 0.5) is 0 Å². The van der Waals surface area contributed by atoms with E-state index in [0.29, 0.717) is 17.9 Å². The predicted octanol–water partition coefficient (Wildman–Crippen LogP) is 7.48. The third-order valence-electron chi connectivity index (χ3n) is 5.23. The molecule has 162 valence electrons. The summed E-state index contributed by atoms with van der Waals surface area (Å²) in [5.41, 5.74) is 4.15. The fraction of sp³-hybridized carbons (Fsp3) is 0.321. The van der Waals surface area contributed by atoms with Crippen molar-refractivity contribution in [3.05, 3.63) is 83.9 Å². The molecule has 3 nitrogen and oxygen atoms in total. The number of benzene rings is 3. The summed E-state index contributed by atoms with van der Waals surface area (Å²) in [4.78, 5) is 12.5. The van der Waals surface area contributed by atoms with Crippen LogP contribution in [0, 0.1) is 0 Å². The first kappa shape index (κ1) is 22.6. The maximum atomic E-state index is 12.5. The highest BCUT2D eigenvalue weighted by atomic mass is 16.5. The number of rotatable bonds is 11. The van der Waals surface area contributed by atoms with E-state index in [-0.39, 0.29) is 5.97 Å². The van der Waals surface area contributed by atoms with Crippen LogP contribution >= 0.6 is 0 Å². The van der Waals surface area contributed by atoms with E-state index in [2.05, 4.69) is 38.1 Å². The Hall–Kier alpha value is -3.07. The van der Waals surface area contributed by atoms with E-state index < -0.39 is 0 Å². The SMILES string of the molecule is CCCCCCc1ccc(-c2ccc(C(=O)Oc3ccc(OCCC)cc3)cc2)cc1. The fourth-order valence-electron chi connectivity index (χ4n) is 3.41. The molecular formula is C28H32O3. The van der Waals surface area contributed by atoms with Gasteiger partial charge in [0.1, 0.15) is 11.5 Å². The van der Waals surface area contributed by atoms with Gasteiger partial charge in [0, 0.05) is 0 Å². The number of carbonyl (C=O) groups is 1. The predicted molar refractivity (Wildman–Crippen MR) is 127 cm³/mol. The Morgan fingerprint density at radius 3 is 1.90 bits per heavy atom. The number of aryl methyl sites for hydroxylation is 1. The molecule has 0 atom stereocenters. The molecule has 3 aromatic carbocycles. The molecule has 0 spiro atoms. The van der Waals surface area contributed by atoms with Crippen molar-refractivity contribution in [1.82, 2.24) is 0 Å². The summed E-state index contributed by atoms with van der Waals surface area (Å²) >= 11 is 0. The van der Waals surface area contributed by atoms with E-state index in [1.54, 1.807) is 12.1 Å². The zero-order valence-electron chi connectivity index (χ0n) is 18.6. The van der Waals surface area contributed by atoms with Crippen LogP contribution in [0.15, 0.2) is 72.8 Å². The van der Waals surface area contributed by atoms with E-state index in [4.69, 9.17) is 9.47 Å². The number of ether oxygens (including phenoxy) is 2. The van der Waals surface area contributed by atoms with Crippen molar-refractivity contribution in [3.8, 4) is 22.6 Å². The minimum absolute atomic E-state index is 0.365. The standard InChI is InChI=1S/C28H32O3/c1-3-5-6-7-8-22-9-11-23(12-10-22)24-13-15-25(16-14-24)28(29)31-27-19-17-26(18-20-27)30-21-4-2/h9-20H,3-8,21H2,1-2H3. The number of carbonyl (C=O) groups excluding carboxylic acids is 1. The highest BCUT2D eigenvalue weighted by molar-refractivity contribution is 5.91. The van der Waals surface area contributed by atoms with Gasteiger partial charge in [-0.2, -0.15) is 0 Å². The highest BCUT2D eigenvalue weighted by Crippen LogP contribution is 2.23. The van der Waals surface area contributed by atoms with Crippen LogP contribution in [0.3, 0.4) is 0 Å². The van der Waals surface area contributed by atoms with Gasteiger partial charge in [-0.15, -0.1) is 0 Å². The van der Waals surface area contributed by atoms with Crippen molar-refractivity contribution in [2.45, 2.75) is 52.4 Å². The molecule has 0 amide bonds. The molecule has 0 saturated carbocycles. The average molecular weight is 417 g/mol. The van der Waals surface area contributed by atoms with Crippen molar-refractivity contribution in [3.63, 3.8) is 0 Å². The van der Waals surface area contributed by atoms with Crippen molar-refractivity contribution >= 4 is 5.97 Å². The monoisotopic (exact) mass is 416 g/mol. The molecule has 0 bridgehead atoms. The molecule has 0 unspecified atom stereocenters. The lowest BCUT2D eigenvalue weighted by molar-refractivity contribution is 0.0734. The summed E-state index contributed by atoms with van der Waals surface area (Å²) in [5.74, 6) is 0.918. The molecule has 3 heteroatoms. The minimum Gasteiger partial charge on any atom is -0.494 e. The van der Waals surface area contributed by atoms with E-state index in [9.17, 15) is 4.79 Å². The second-order valence-electron chi connectivity index (χ2n) is 7.79. The molecule has 0 heterocycles. The van der Waals surface area contributed by atoms with Gasteiger partial charge in [0.15, 0.2) is 0 Å². The van der Waals surface area contributed by atoms with Crippen LogP contribution in [0.25, 0.3) is 11.1 Å². The van der Waals surface area contributed by atoms with Crippen molar-refractivity contribution in [2.24, 2.45) is 0 Å². The summed E-state index contributed by atoms with van der Waals surface area (Å²) in [6.45, 7) is 4.97. The first-order chi connectivity index (χ1) is 15.2. The third kappa shape index (κ3) is 6.99. The van der Waals surface area contributed by atoms with Crippen LogP contribution in [-0.2, 0) is 6.42 Å². The largest absolute Gasteiger partial charge is 0.494 e. The average Bonchev–Trinajstić information content (AvgIpc) is 2.82. The van der Waals surface area contributed by atoms with Gasteiger partial charge in [-0.1, -0.05) is 69.5 Å². The Labute approximate surface area is 186 Å². The molecular weight excluding hydrogens is 384 g/mol. The summed E-state index contributed by atoms with van der Waals surface area (Å²) in [5, 5.41) is 0. The molecule has 0 aromatic heterocycles. The van der Waals surface area contributed by atoms with Crippen molar-refractivity contribution < 1.29 is 14.3 Å². The molecule has 0 saturated heterocycles. The lowest BCUT2D eigenvalue weighted by Crippen LogP contribution is -2.08. The normalized spacial score (nSPS) is 10.6. The minimum atomic E-state index is -0.365. The first-order valence-corrected chi connectivity index (χ1v) is 11.3. The molecule has 0 aliphatic heterocycles. The third-order valence-corrected chi connectivity index (χ3v) is 5.23. The van der Waals surface area contributed by atoms with E-state index in [1.807, 2.05) is 36.4 Å². The van der Waals surface area contributed by atoms with Crippen LogP contribution in [0.2, 0.25) is 0 Å². The molecule has 31 heavy (non-hydrogen) atoms. The zero-order valence-corrected chi connectivity index (χ0v) is 18.6. The Morgan fingerprint density at radius 1 is 0.677 bits per heavy atom. The molecule has 0 radical (unpaired) electrons. The second-order valence-corrected chi connectivity index (χ2v) is 7.79. The maximum Gasteiger partial charge on any atom is 0.343 e. The molecule has 3 rings (SSSR count). The fourth-order valence-corrected chi connectivity index (χ4v) is 3.41. The Balaban J connectivity index is 1.56. The highest BCUT2D eigenvalue weighted by Gasteiger charge is 2.09. The van der Waals surface area contributed by atoms with E-state index >= 15 is 0 Å². The Bertz CT molecular complexity index is 926. The second kappa shape index (κ2) is 11.9. The number of hydrogen-bond acceptors (Lipinski definition) is 3. The quantitative estimate of drug-likeness (QED) is 0.185. The number of esters is 1. The smallest absolute Gasteiger partial charge is 0.343 e. The van der Waals surface area contributed by atoms with Gasteiger partial charge in [-0.05, 0) is 72.4 Å².